The number of nitrogens with two attached hydrogens (primary N) is 1. The van der Waals surface area contributed by atoms with Crippen molar-refractivity contribution < 1.29 is 18.7 Å². The van der Waals surface area contributed by atoms with E-state index in [2.05, 4.69) is 4.90 Å². The first-order valence-corrected chi connectivity index (χ1v) is 8.32. The first kappa shape index (κ1) is 17.3. The topological polar surface area (TPSA) is 69.8 Å². The summed E-state index contributed by atoms with van der Waals surface area (Å²) in [4.78, 5) is 16.4. The van der Waals surface area contributed by atoms with Crippen molar-refractivity contribution in [1.82, 2.24) is 9.80 Å². The van der Waals surface area contributed by atoms with Crippen LogP contribution in [0.25, 0.3) is 0 Å². The Bertz CT molecular complexity index is 595. The molecule has 0 spiro atoms. The van der Waals surface area contributed by atoms with E-state index in [-0.39, 0.29) is 17.9 Å². The summed E-state index contributed by atoms with van der Waals surface area (Å²) in [5.41, 5.74) is 6.50. The Kier molecular flexibility index (Phi) is 5.12. The molecule has 1 aromatic rings. The maximum absolute atomic E-state index is 13.3. The van der Waals surface area contributed by atoms with Crippen LogP contribution in [-0.4, -0.2) is 59.1 Å². The van der Waals surface area contributed by atoms with E-state index in [4.69, 9.17) is 5.73 Å². The fourth-order valence-corrected chi connectivity index (χ4v) is 3.53. The quantitative estimate of drug-likeness (QED) is 0.851. The highest BCUT2D eigenvalue weighted by Gasteiger charge is 2.37. The number of hydrogen-bond donors (Lipinski definition) is 2. The SMILES string of the molecule is N[C@@H]1C[C@H](C(=O)N2CCN(Cc3ccc(F)c(F)c3)CC2)C[C@H]1O. The number of piperazine rings is 1. The van der Waals surface area contributed by atoms with Gasteiger partial charge in [-0.15, -0.1) is 0 Å². The third-order valence-corrected chi connectivity index (χ3v) is 5.00. The number of nitrogens with zero attached hydrogens (tertiary/aromatic N) is 2. The second kappa shape index (κ2) is 7.13. The Morgan fingerprint density at radius 3 is 2.46 bits per heavy atom. The van der Waals surface area contributed by atoms with E-state index in [1.165, 1.54) is 6.07 Å². The molecule has 1 amide bonds. The summed E-state index contributed by atoms with van der Waals surface area (Å²) in [5.74, 6) is -1.80. The van der Waals surface area contributed by atoms with E-state index in [1.54, 1.807) is 6.07 Å². The number of aliphatic hydroxyl groups is 1. The smallest absolute Gasteiger partial charge is 0.225 e. The number of benzene rings is 1. The molecule has 1 aliphatic heterocycles. The van der Waals surface area contributed by atoms with Gasteiger partial charge in [-0.3, -0.25) is 9.69 Å². The summed E-state index contributed by atoms with van der Waals surface area (Å²) in [5, 5.41) is 9.70. The van der Waals surface area contributed by atoms with Crippen molar-refractivity contribution in [2.24, 2.45) is 11.7 Å². The van der Waals surface area contributed by atoms with E-state index < -0.39 is 17.7 Å². The van der Waals surface area contributed by atoms with Crippen molar-refractivity contribution in [2.45, 2.75) is 31.5 Å². The molecular formula is C17H23F2N3O2. The number of halogens is 2. The van der Waals surface area contributed by atoms with Gasteiger partial charge < -0.3 is 15.7 Å². The zero-order valence-electron chi connectivity index (χ0n) is 13.5. The lowest BCUT2D eigenvalue weighted by Gasteiger charge is -2.36. The third-order valence-electron chi connectivity index (χ3n) is 5.00. The number of amides is 1. The molecule has 0 aromatic heterocycles. The van der Waals surface area contributed by atoms with Crippen LogP contribution in [0, 0.1) is 17.6 Å². The summed E-state index contributed by atoms with van der Waals surface area (Å²) in [6.07, 6.45) is 0.387. The predicted octanol–water partition coefficient (Wildman–Crippen LogP) is 0.707. The van der Waals surface area contributed by atoms with Gasteiger partial charge >= 0.3 is 0 Å². The van der Waals surface area contributed by atoms with E-state index >= 15 is 0 Å². The van der Waals surface area contributed by atoms with Crippen LogP contribution in [0.1, 0.15) is 18.4 Å². The van der Waals surface area contributed by atoms with Crippen LogP contribution in [0.15, 0.2) is 18.2 Å². The third kappa shape index (κ3) is 3.74. The molecule has 3 atom stereocenters. The number of carbonyl (C=O) groups is 1. The first-order chi connectivity index (χ1) is 11.4. The van der Waals surface area contributed by atoms with E-state index in [0.29, 0.717) is 45.6 Å². The standard InChI is InChI=1S/C17H23F2N3O2/c18-13-2-1-11(7-14(13)19)10-21-3-5-22(6-4-21)17(24)12-8-15(20)16(23)9-12/h1-2,7,12,15-16,23H,3-6,8-10,20H2/t12-,15+,16+/m0/s1. The molecule has 3 rings (SSSR count). The fourth-order valence-electron chi connectivity index (χ4n) is 3.53. The van der Waals surface area contributed by atoms with Crippen LogP contribution in [0.5, 0.6) is 0 Å². The minimum Gasteiger partial charge on any atom is -0.391 e. The van der Waals surface area contributed by atoms with Gasteiger partial charge in [0.15, 0.2) is 11.6 Å². The van der Waals surface area contributed by atoms with Crippen molar-refractivity contribution in [3.05, 3.63) is 35.4 Å². The van der Waals surface area contributed by atoms with Crippen LogP contribution in [0.4, 0.5) is 8.78 Å². The van der Waals surface area contributed by atoms with Crippen molar-refractivity contribution in [3.63, 3.8) is 0 Å². The fraction of sp³-hybridized carbons (Fsp3) is 0.588. The van der Waals surface area contributed by atoms with Gasteiger partial charge in [-0.1, -0.05) is 6.07 Å². The maximum Gasteiger partial charge on any atom is 0.225 e. The maximum atomic E-state index is 13.3. The average Bonchev–Trinajstić information content (AvgIpc) is 2.90. The predicted molar refractivity (Wildman–Crippen MR) is 84.9 cm³/mol. The molecule has 132 valence electrons. The van der Waals surface area contributed by atoms with Gasteiger partial charge in [-0.2, -0.15) is 0 Å². The van der Waals surface area contributed by atoms with Gasteiger partial charge in [0.2, 0.25) is 5.91 Å². The second-order valence-corrected chi connectivity index (χ2v) is 6.75. The molecule has 1 saturated carbocycles. The Hall–Kier alpha value is -1.57. The minimum atomic E-state index is -0.842. The highest BCUT2D eigenvalue weighted by atomic mass is 19.2. The van der Waals surface area contributed by atoms with Crippen molar-refractivity contribution in [2.75, 3.05) is 26.2 Å². The lowest BCUT2D eigenvalue weighted by Crippen LogP contribution is -2.49. The molecule has 3 N–H and O–H groups in total. The van der Waals surface area contributed by atoms with E-state index in [0.717, 1.165) is 11.6 Å². The lowest BCUT2D eigenvalue weighted by atomic mass is 10.1. The molecule has 1 heterocycles. The lowest BCUT2D eigenvalue weighted by molar-refractivity contribution is -0.137. The van der Waals surface area contributed by atoms with Gasteiger partial charge in [0, 0.05) is 44.7 Å². The summed E-state index contributed by atoms with van der Waals surface area (Å²) in [6.45, 7) is 3.11. The monoisotopic (exact) mass is 339 g/mol. The van der Waals surface area contributed by atoms with Crippen LogP contribution in [0.2, 0.25) is 0 Å². The molecule has 1 aromatic carbocycles. The minimum absolute atomic E-state index is 0.0643. The molecule has 2 aliphatic rings. The Morgan fingerprint density at radius 1 is 1.17 bits per heavy atom. The van der Waals surface area contributed by atoms with Crippen LogP contribution < -0.4 is 5.73 Å². The first-order valence-electron chi connectivity index (χ1n) is 8.32. The molecule has 7 heteroatoms. The average molecular weight is 339 g/mol. The molecule has 1 aliphatic carbocycles. The number of aliphatic hydroxyl groups excluding tert-OH is 1. The number of hydrogen-bond acceptors (Lipinski definition) is 4. The Balaban J connectivity index is 1.50. The van der Waals surface area contributed by atoms with Gasteiger partial charge in [-0.25, -0.2) is 8.78 Å². The molecular weight excluding hydrogens is 316 g/mol. The highest BCUT2D eigenvalue weighted by Crippen LogP contribution is 2.27. The zero-order valence-corrected chi connectivity index (χ0v) is 13.5. The van der Waals surface area contributed by atoms with Crippen LogP contribution in [-0.2, 0) is 11.3 Å². The molecule has 2 fully saturated rings. The molecule has 1 saturated heterocycles. The molecule has 0 unspecified atom stereocenters. The largest absolute Gasteiger partial charge is 0.391 e. The van der Waals surface area contributed by atoms with Gasteiger partial charge in [0.25, 0.3) is 0 Å². The number of carbonyl (C=O) groups excluding carboxylic acids is 1. The van der Waals surface area contributed by atoms with Crippen molar-refractivity contribution in [1.29, 1.82) is 0 Å². The Morgan fingerprint density at radius 2 is 1.88 bits per heavy atom. The molecule has 0 radical (unpaired) electrons. The van der Waals surface area contributed by atoms with Gasteiger partial charge in [0.1, 0.15) is 0 Å². The highest BCUT2D eigenvalue weighted by molar-refractivity contribution is 5.79. The number of rotatable bonds is 3. The summed E-state index contributed by atoms with van der Waals surface area (Å²) < 4.78 is 26.2. The van der Waals surface area contributed by atoms with Crippen LogP contribution in [0.3, 0.4) is 0 Å². The summed E-state index contributed by atoms with van der Waals surface area (Å²) in [6, 6.07) is 3.62. The van der Waals surface area contributed by atoms with Gasteiger partial charge in [-0.05, 0) is 30.5 Å². The molecule has 5 nitrogen and oxygen atoms in total. The normalized spacial score (nSPS) is 28.3. The second-order valence-electron chi connectivity index (χ2n) is 6.75. The summed E-state index contributed by atoms with van der Waals surface area (Å²) >= 11 is 0. The Labute approximate surface area is 140 Å². The van der Waals surface area contributed by atoms with Gasteiger partial charge in [0.05, 0.1) is 6.10 Å². The molecule has 24 heavy (non-hydrogen) atoms. The van der Waals surface area contributed by atoms with Crippen molar-refractivity contribution in [3.8, 4) is 0 Å². The zero-order chi connectivity index (χ0) is 17.3. The van der Waals surface area contributed by atoms with E-state index in [1.807, 2.05) is 4.90 Å². The molecule has 0 bridgehead atoms. The van der Waals surface area contributed by atoms with E-state index in [9.17, 15) is 18.7 Å². The van der Waals surface area contributed by atoms with Crippen molar-refractivity contribution >= 4 is 5.91 Å². The van der Waals surface area contributed by atoms with Crippen LogP contribution >= 0.6 is 0 Å². The summed E-state index contributed by atoms with van der Waals surface area (Å²) in [7, 11) is 0.